The van der Waals surface area contributed by atoms with Gasteiger partial charge in [-0.1, -0.05) is 42.1 Å². The Bertz CT molecular complexity index is 1180. The van der Waals surface area contributed by atoms with Gasteiger partial charge in [-0.05, 0) is 35.9 Å². The van der Waals surface area contributed by atoms with Crippen LogP contribution in [0.1, 0.15) is 11.3 Å². The van der Waals surface area contributed by atoms with Gasteiger partial charge >= 0.3 is 0 Å². The largest absolute Gasteiger partial charge is 0.493 e. The van der Waals surface area contributed by atoms with E-state index >= 15 is 0 Å². The van der Waals surface area contributed by atoms with E-state index in [0.717, 1.165) is 11.3 Å². The Labute approximate surface area is 195 Å². The minimum atomic E-state index is -0.0638. The fourth-order valence-electron chi connectivity index (χ4n) is 3.20. The molecular formula is C24H23N3O5S. The third-order valence-electron chi connectivity index (χ3n) is 4.85. The summed E-state index contributed by atoms with van der Waals surface area (Å²) < 4.78 is 21.8. The highest BCUT2D eigenvalue weighted by Crippen LogP contribution is 2.32. The van der Waals surface area contributed by atoms with E-state index in [4.69, 9.17) is 18.3 Å². The molecule has 0 saturated heterocycles. The number of benzene rings is 2. The lowest BCUT2D eigenvalue weighted by Crippen LogP contribution is -2.31. The van der Waals surface area contributed by atoms with Crippen LogP contribution in [0.5, 0.6) is 11.5 Å². The highest BCUT2D eigenvalue weighted by molar-refractivity contribution is 7.99. The molecule has 8 nitrogen and oxygen atoms in total. The molecule has 1 amide bonds. The first-order chi connectivity index (χ1) is 16.2. The van der Waals surface area contributed by atoms with Crippen molar-refractivity contribution in [3.05, 3.63) is 78.3 Å². The molecule has 0 spiro atoms. The summed E-state index contributed by atoms with van der Waals surface area (Å²) in [5.74, 6) is 2.32. The monoisotopic (exact) mass is 465 g/mol. The Morgan fingerprint density at radius 2 is 1.79 bits per heavy atom. The molecule has 4 aromatic rings. The highest BCUT2D eigenvalue weighted by Gasteiger charge is 2.19. The van der Waals surface area contributed by atoms with Gasteiger partial charge in [-0.25, -0.2) is 0 Å². The van der Waals surface area contributed by atoms with Gasteiger partial charge in [0.25, 0.3) is 5.22 Å². The summed E-state index contributed by atoms with van der Waals surface area (Å²) in [6, 6.07) is 18.8. The smallest absolute Gasteiger partial charge is 0.277 e. The van der Waals surface area contributed by atoms with Gasteiger partial charge < -0.3 is 23.2 Å². The van der Waals surface area contributed by atoms with Crippen LogP contribution < -0.4 is 9.47 Å². The highest BCUT2D eigenvalue weighted by atomic mass is 32.2. The molecule has 0 aliphatic carbocycles. The van der Waals surface area contributed by atoms with Gasteiger partial charge in [0, 0.05) is 12.1 Å². The fraction of sp³-hybridized carbons (Fsp3) is 0.208. The van der Waals surface area contributed by atoms with Crippen molar-refractivity contribution in [2.75, 3.05) is 20.0 Å². The summed E-state index contributed by atoms with van der Waals surface area (Å²) in [5, 5.41) is 8.47. The molecule has 4 rings (SSSR count). The number of hydrogen-bond donors (Lipinski definition) is 0. The van der Waals surface area contributed by atoms with Crippen molar-refractivity contribution in [3.63, 3.8) is 0 Å². The molecule has 9 heteroatoms. The van der Waals surface area contributed by atoms with Gasteiger partial charge in [0.2, 0.25) is 11.8 Å². The number of carbonyl (C=O) groups excluding carboxylic acids is 1. The predicted molar refractivity (Wildman–Crippen MR) is 123 cm³/mol. The third kappa shape index (κ3) is 5.75. The molecule has 2 aromatic carbocycles. The lowest BCUT2D eigenvalue weighted by molar-refractivity contribution is -0.129. The summed E-state index contributed by atoms with van der Waals surface area (Å²) in [4.78, 5) is 14.8. The maximum Gasteiger partial charge on any atom is 0.277 e. The van der Waals surface area contributed by atoms with Gasteiger partial charge in [0.1, 0.15) is 5.76 Å². The van der Waals surface area contributed by atoms with E-state index in [1.54, 1.807) is 43.6 Å². The van der Waals surface area contributed by atoms with E-state index in [0.29, 0.717) is 41.3 Å². The van der Waals surface area contributed by atoms with E-state index in [9.17, 15) is 4.79 Å². The van der Waals surface area contributed by atoms with Crippen LogP contribution in [0.15, 0.2) is 81.0 Å². The molecule has 2 aromatic heterocycles. The number of nitrogens with zero attached hydrogens (tertiary/aromatic N) is 3. The van der Waals surface area contributed by atoms with Gasteiger partial charge in [-0.3, -0.25) is 4.79 Å². The number of hydrogen-bond acceptors (Lipinski definition) is 8. The van der Waals surface area contributed by atoms with Crippen molar-refractivity contribution >= 4 is 17.7 Å². The Balaban J connectivity index is 1.42. The number of aromatic nitrogens is 2. The summed E-state index contributed by atoms with van der Waals surface area (Å²) in [5.41, 5.74) is 1.73. The van der Waals surface area contributed by atoms with Crippen LogP contribution in [0.4, 0.5) is 0 Å². The molecule has 0 atom stereocenters. The predicted octanol–water partition coefficient (Wildman–Crippen LogP) is 4.67. The van der Waals surface area contributed by atoms with E-state index in [-0.39, 0.29) is 11.7 Å². The molecule has 0 aliphatic heterocycles. The molecule has 170 valence electrons. The fourth-order valence-corrected chi connectivity index (χ4v) is 3.86. The van der Waals surface area contributed by atoms with Crippen LogP contribution in [-0.2, 0) is 17.9 Å². The average molecular weight is 466 g/mol. The first-order valence-electron chi connectivity index (χ1n) is 10.2. The van der Waals surface area contributed by atoms with Crippen molar-refractivity contribution in [2.24, 2.45) is 0 Å². The van der Waals surface area contributed by atoms with Crippen molar-refractivity contribution in [2.45, 2.75) is 18.3 Å². The minimum Gasteiger partial charge on any atom is -0.493 e. The van der Waals surface area contributed by atoms with Crippen LogP contribution in [0.3, 0.4) is 0 Å². The zero-order valence-corrected chi connectivity index (χ0v) is 19.1. The molecule has 0 fully saturated rings. The molecule has 0 aliphatic rings. The van der Waals surface area contributed by atoms with Gasteiger partial charge in [0.15, 0.2) is 11.5 Å². The quantitative estimate of drug-likeness (QED) is 0.312. The standard InChI is InChI=1S/C24H23N3O5S/c1-29-20-11-10-18(13-21(20)30-2)23-25-26-24(32-23)33-16-22(28)27(15-19-9-6-12-31-19)14-17-7-4-3-5-8-17/h3-13H,14-16H2,1-2H3. The lowest BCUT2D eigenvalue weighted by atomic mass is 10.2. The number of carbonyl (C=O) groups is 1. The molecule has 33 heavy (non-hydrogen) atoms. The Kier molecular flexibility index (Phi) is 7.31. The van der Waals surface area contributed by atoms with Crippen molar-refractivity contribution in [3.8, 4) is 23.0 Å². The maximum atomic E-state index is 13.0. The van der Waals surface area contributed by atoms with Crippen molar-refractivity contribution in [1.29, 1.82) is 0 Å². The van der Waals surface area contributed by atoms with Crippen LogP contribution in [-0.4, -0.2) is 41.0 Å². The van der Waals surface area contributed by atoms with E-state index < -0.39 is 0 Å². The Morgan fingerprint density at radius 1 is 0.970 bits per heavy atom. The SMILES string of the molecule is COc1ccc(-c2nnc(SCC(=O)N(Cc3ccccc3)Cc3ccco3)o2)cc1OC. The number of rotatable bonds is 10. The zero-order chi connectivity index (χ0) is 23.0. The van der Waals surface area contributed by atoms with Crippen molar-refractivity contribution < 1.29 is 23.1 Å². The molecule has 0 unspecified atom stereocenters. The van der Waals surface area contributed by atoms with Crippen molar-refractivity contribution in [1.82, 2.24) is 15.1 Å². The second kappa shape index (κ2) is 10.7. The Morgan fingerprint density at radius 3 is 2.52 bits per heavy atom. The molecule has 0 bridgehead atoms. The van der Waals surface area contributed by atoms with E-state index in [1.165, 1.54) is 11.8 Å². The second-order valence-corrected chi connectivity index (χ2v) is 7.97. The molecule has 0 saturated carbocycles. The number of methoxy groups -OCH3 is 2. The van der Waals surface area contributed by atoms with Crippen LogP contribution in [0.25, 0.3) is 11.5 Å². The zero-order valence-electron chi connectivity index (χ0n) is 18.3. The molecule has 0 N–H and O–H groups in total. The van der Waals surface area contributed by atoms with Crippen LogP contribution in [0.2, 0.25) is 0 Å². The number of furan rings is 1. The van der Waals surface area contributed by atoms with Crippen LogP contribution in [0, 0.1) is 0 Å². The molecule has 2 heterocycles. The van der Waals surface area contributed by atoms with Gasteiger partial charge in [-0.15, -0.1) is 10.2 Å². The second-order valence-electron chi connectivity index (χ2n) is 7.05. The summed E-state index contributed by atoms with van der Waals surface area (Å²) in [6.45, 7) is 0.851. The molecule has 0 radical (unpaired) electrons. The van der Waals surface area contributed by atoms with Gasteiger partial charge in [0.05, 0.1) is 32.8 Å². The van der Waals surface area contributed by atoms with Crippen LogP contribution >= 0.6 is 11.8 Å². The first kappa shape index (κ1) is 22.5. The topological polar surface area (TPSA) is 90.8 Å². The van der Waals surface area contributed by atoms with Gasteiger partial charge in [-0.2, -0.15) is 0 Å². The van der Waals surface area contributed by atoms with E-state index in [2.05, 4.69) is 10.2 Å². The average Bonchev–Trinajstić information content (AvgIpc) is 3.54. The minimum absolute atomic E-state index is 0.0638. The Hall–Kier alpha value is -3.72. The lowest BCUT2D eigenvalue weighted by Gasteiger charge is -2.21. The summed E-state index contributed by atoms with van der Waals surface area (Å²) >= 11 is 1.20. The molecular weight excluding hydrogens is 442 g/mol. The normalized spacial score (nSPS) is 10.7. The maximum absolute atomic E-state index is 13.0. The number of ether oxygens (including phenoxy) is 2. The van der Waals surface area contributed by atoms with E-state index in [1.807, 2.05) is 42.5 Å². The number of amides is 1. The summed E-state index contributed by atoms with van der Waals surface area (Å²) in [7, 11) is 3.13. The third-order valence-corrected chi connectivity index (χ3v) is 5.66. The summed E-state index contributed by atoms with van der Waals surface area (Å²) in [6.07, 6.45) is 1.60. The number of thioether (sulfide) groups is 1. The first-order valence-corrected chi connectivity index (χ1v) is 11.2.